The fourth-order valence-corrected chi connectivity index (χ4v) is 1.89. The van der Waals surface area contributed by atoms with Crippen LogP contribution < -0.4 is 16.6 Å². The van der Waals surface area contributed by atoms with Gasteiger partial charge in [0.25, 0.3) is 5.56 Å². The van der Waals surface area contributed by atoms with Crippen molar-refractivity contribution in [3.8, 4) is 0 Å². The summed E-state index contributed by atoms with van der Waals surface area (Å²) in [5.41, 5.74) is 5.32. The molecule has 0 bridgehead atoms. The van der Waals surface area contributed by atoms with E-state index in [2.05, 4.69) is 10.3 Å². The molecule has 1 aromatic heterocycles. The lowest BCUT2D eigenvalue weighted by Gasteiger charge is -2.26. The van der Waals surface area contributed by atoms with Crippen molar-refractivity contribution in [2.45, 2.75) is 44.7 Å². The van der Waals surface area contributed by atoms with Gasteiger partial charge in [-0.25, -0.2) is 4.98 Å². The molecular formula is C12H20N4O. The second kappa shape index (κ2) is 4.49. The highest BCUT2D eigenvalue weighted by Crippen LogP contribution is 2.33. The van der Waals surface area contributed by atoms with Crippen molar-refractivity contribution in [3.05, 3.63) is 22.7 Å². The summed E-state index contributed by atoms with van der Waals surface area (Å²) in [5, 5.41) is 3.19. The Labute approximate surface area is 101 Å². The summed E-state index contributed by atoms with van der Waals surface area (Å²) < 4.78 is 1.77. The zero-order chi connectivity index (χ0) is 12.5. The van der Waals surface area contributed by atoms with Crippen LogP contribution in [0.5, 0.6) is 0 Å². The van der Waals surface area contributed by atoms with Crippen molar-refractivity contribution in [2.75, 3.05) is 11.9 Å². The predicted octanol–water partition coefficient (Wildman–Crippen LogP) is 1.12. The zero-order valence-corrected chi connectivity index (χ0v) is 10.4. The first-order chi connectivity index (χ1) is 8.03. The van der Waals surface area contributed by atoms with Crippen LogP contribution in [0.2, 0.25) is 0 Å². The molecule has 17 heavy (non-hydrogen) atoms. The molecule has 0 amide bonds. The van der Waals surface area contributed by atoms with Crippen molar-refractivity contribution < 1.29 is 0 Å². The largest absolute Gasteiger partial charge is 0.361 e. The number of nitrogens with zero attached hydrogens (tertiary/aromatic N) is 2. The summed E-state index contributed by atoms with van der Waals surface area (Å²) in [4.78, 5) is 16.3. The highest BCUT2D eigenvalue weighted by atomic mass is 16.1. The van der Waals surface area contributed by atoms with E-state index in [1.165, 1.54) is 0 Å². The maximum atomic E-state index is 12.1. The molecule has 1 aliphatic carbocycles. The Morgan fingerprint density at radius 1 is 1.59 bits per heavy atom. The van der Waals surface area contributed by atoms with Crippen LogP contribution >= 0.6 is 0 Å². The minimum absolute atomic E-state index is 0.0277. The number of rotatable bonds is 5. The molecular weight excluding hydrogens is 216 g/mol. The van der Waals surface area contributed by atoms with E-state index < -0.39 is 0 Å². The van der Waals surface area contributed by atoms with Crippen molar-refractivity contribution in [1.82, 2.24) is 9.55 Å². The summed E-state index contributed by atoms with van der Waals surface area (Å²) in [7, 11) is 0. The van der Waals surface area contributed by atoms with Gasteiger partial charge in [0.05, 0.1) is 0 Å². The van der Waals surface area contributed by atoms with E-state index >= 15 is 0 Å². The normalized spacial score (nSPS) is 15.9. The quantitative estimate of drug-likeness (QED) is 0.803. The average Bonchev–Trinajstić information content (AvgIpc) is 3.04. The molecule has 1 saturated carbocycles. The van der Waals surface area contributed by atoms with Crippen LogP contribution in [-0.4, -0.2) is 21.6 Å². The van der Waals surface area contributed by atoms with Gasteiger partial charge in [-0.1, -0.05) is 0 Å². The molecule has 0 radical (unpaired) electrons. The fourth-order valence-electron chi connectivity index (χ4n) is 1.89. The molecule has 0 atom stereocenters. The Balaban J connectivity index is 2.21. The first kappa shape index (κ1) is 12.1. The number of aromatic nitrogens is 2. The smallest absolute Gasteiger partial charge is 0.293 e. The molecule has 3 N–H and O–H groups in total. The van der Waals surface area contributed by atoms with E-state index in [0.717, 1.165) is 19.3 Å². The number of nitrogens with one attached hydrogen (secondary N) is 1. The standard InChI is InChI=1S/C12H20N4O/c1-12(2,5-6-13)15-10-11(17)16(8-7-14-10)9-3-4-9/h7-9H,3-6,13H2,1-2H3,(H,14,15). The molecule has 0 unspecified atom stereocenters. The molecule has 0 saturated heterocycles. The second-order valence-electron chi connectivity index (χ2n) is 5.27. The Bertz CT molecular complexity index is 448. The van der Waals surface area contributed by atoms with E-state index in [1.54, 1.807) is 17.0 Å². The summed E-state index contributed by atoms with van der Waals surface area (Å²) in [6.45, 7) is 4.63. The van der Waals surface area contributed by atoms with Gasteiger partial charge >= 0.3 is 0 Å². The zero-order valence-electron chi connectivity index (χ0n) is 10.4. The van der Waals surface area contributed by atoms with Gasteiger partial charge in [0, 0.05) is 24.0 Å². The third-order valence-corrected chi connectivity index (χ3v) is 3.03. The van der Waals surface area contributed by atoms with E-state index in [4.69, 9.17) is 5.73 Å². The number of hydrogen-bond donors (Lipinski definition) is 2. The summed E-state index contributed by atoms with van der Waals surface area (Å²) in [5.74, 6) is 0.429. The van der Waals surface area contributed by atoms with Gasteiger partial charge in [0.15, 0.2) is 5.82 Å². The number of hydrogen-bond acceptors (Lipinski definition) is 4. The Morgan fingerprint density at radius 3 is 2.88 bits per heavy atom. The molecule has 1 aromatic rings. The maximum Gasteiger partial charge on any atom is 0.293 e. The molecule has 94 valence electrons. The lowest BCUT2D eigenvalue weighted by molar-refractivity contribution is 0.521. The Morgan fingerprint density at radius 2 is 2.29 bits per heavy atom. The molecule has 0 aliphatic heterocycles. The van der Waals surface area contributed by atoms with Crippen LogP contribution in [0.3, 0.4) is 0 Å². The number of anilines is 1. The topological polar surface area (TPSA) is 72.9 Å². The van der Waals surface area contributed by atoms with Gasteiger partial charge in [-0.3, -0.25) is 4.79 Å². The molecule has 5 heteroatoms. The third-order valence-electron chi connectivity index (χ3n) is 3.03. The molecule has 0 aromatic carbocycles. The highest BCUT2D eigenvalue weighted by Gasteiger charge is 2.26. The van der Waals surface area contributed by atoms with Crippen molar-refractivity contribution in [3.63, 3.8) is 0 Å². The predicted molar refractivity (Wildman–Crippen MR) is 68.1 cm³/mol. The van der Waals surface area contributed by atoms with Crippen LogP contribution in [-0.2, 0) is 0 Å². The first-order valence-corrected chi connectivity index (χ1v) is 6.09. The van der Waals surface area contributed by atoms with Gasteiger partial charge in [-0.2, -0.15) is 0 Å². The lowest BCUT2D eigenvalue weighted by atomic mass is 10.0. The molecule has 5 nitrogen and oxygen atoms in total. The average molecular weight is 236 g/mol. The minimum atomic E-state index is -0.205. The first-order valence-electron chi connectivity index (χ1n) is 6.09. The van der Waals surface area contributed by atoms with Gasteiger partial charge in [0.1, 0.15) is 0 Å². The summed E-state index contributed by atoms with van der Waals surface area (Å²) in [6.07, 6.45) is 6.43. The fraction of sp³-hybridized carbons (Fsp3) is 0.667. The number of nitrogens with two attached hydrogens (primary N) is 1. The van der Waals surface area contributed by atoms with Crippen LogP contribution in [0.15, 0.2) is 17.2 Å². The summed E-state index contributed by atoms with van der Waals surface area (Å²) >= 11 is 0. The molecule has 0 spiro atoms. The molecule has 1 fully saturated rings. The van der Waals surface area contributed by atoms with Gasteiger partial charge in [-0.15, -0.1) is 0 Å². The van der Waals surface area contributed by atoms with Crippen LogP contribution in [0, 0.1) is 0 Å². The van der Waals surface area contributed by atoms with E-state index in [0.29, 0.717) is 18.4 Å². The lowest BCUT2D eigenvalue weighted by Crippen LogP contribution is -2.37. The van der Waals surface area contributed by atoms with Gasteiger partial charge in [0.2, 0.25) is 0 Å². The van der Waals surface area contributed by atoms with Crippen LogP contribution in [0.4, 0.5) is 5.82 Å². The third kappa shape index (κ3) is 2.85. The van der Waals surface area contributed by atoms with Crippen molar-refractivity contribution in [2.24, 2.45) is 5.73 Å². The molecule has 1 aliphatic rings. The molecule has 2 rings (SSSR count). The van der Waals surface area contributed by atoms with Crippen molar-refractivity contribution in [1.29, 1.82) is 0 Å². The van der Waals surface area contributed by atoms with Crippen LogP contribution in [0.1, 0.15) is 39.2 Å². The van der Waals surface area contributed by atoms with Crippen LogP contribution in [0.25, 0.3) is 0 Å². The highest BCUT2D eigenvalue weighted by molar-refractivity contribution is 5.34. The van der Waals surface area contributed by atoms with Gasteiger partial charge in [-0.05, 0) is 39.7 Å². The maximum absolute atomic E-state index is 12.1. The van der Waals surface area contributed by atoms with Crippen molar-refractivity contribution >= 4 is 5.82 Å². The monoisotopic (exact) mass is 236 g/mol. The van der Waals surface area contributed by atoms with E-state index in [1.807, 2.05) is 13.8 Å². The SMILES string of the molecule is CC(C)(CCN)Nc1nccn(C2CC2)c1=O. The summed E-state index contributed by atoms with van der Waals surface area (Å²) in [6, 6.07) is 0.378. The van der Waals surface area contributed by atoms with Gasteiger partial charge < -0.3 is 15.6 Å². The Hall–Kier alpha value is -1.36. The molecule has 1 heterocycles. The minimum Gasteiger partial charge on any atom is -0.361 e. The van der Waals surface area contributed by atoms with E-state index in [9.17, 15) is 4.79 Å². The van der Waals surface area contributed by atoms with E-state index in [-0.39, 0.29) is 11.1 Å². The second-order valence-corrected chi connectivity index (χ2v) is 5.27. The Kier molecular flexibility index (Phi) is 3.19.